The number of hydrogen-bond donors (Lipinski definition) is 2. The summed E-state index contributed by atoms with van der Waals surface area (Å²) in [5.74, 6) is 0.576. The molecule has 1 aliphatic rings. The molecule has 1 unspecified atom stereocenters. The molecule has 1 fully saturated rings. The third-order valence-corrected chi connectivity index (χ3v) is 2.45. The van der Waals surface area contributed by atoms with E-state index in [-0.39, 0.29) is 12.1 Å². The summed E-state index contributed by atoms with van der Waals surface area (Å²) in [6.45, 7) is 4.02. The van der Waals surface area contributed by atoms with E-state index < -0.39 is 0 Å². The van der Waals surface area contributed by atoms with E-state index in [1.165, 1.54) is 0 Å². The van der Waals surface area contributed by atoms with Crippen LogP contribution >= 0.6 is 0 Å². The number of amides is 2. The molecular weight excluding hydrogens is 142 g/mol. The highest BCUT2D eigenvalue weighted by molar-refractivity contribution is 5.72. The molecule has 1 atom stereocenters. The van der Waals surface area contributed by atoms with Gasteiger partial charge >= 0.3 is 6.03 Å². The lowest BCUT2D eigenvalue weighted by atomic mass is 9.94. The van der Waals surface area contributed by atoms with Crippen LogP contribution in [-0.4, -0.2) is 37.1 Å². The molecule has 4 heteroatoms. The van der Waals surface area contributed by atoms with Gasteiger partial charge in [0.1, 0.15) is 0 Å². The zero-order valence-electron chi connectivity index (χ0n) is 7.00. The Morgan fingerprint density at radius 2 is 2.27 bits per heavy atom. The van der Waals surface area contributed by atoms with E-state index in [0.717, 1.165) is 13.1 Å². The highest BCUT2D eigenvalue weighted by Crippen LogP contribution is 2.13. The number of urea groups is 1. The normalized spacial score (nSPS) is 20.5. The fourth-order valence-corrected chi connectivity index (χ4v) is 1.17. The summed E-state index contributed by atoms with van der Waals surface area (Å²) in [5, 5.41) is 3.16. The van der Waals surface area contributed by atoms with Gasteiger partial charge in [-0.1, -0.05) is 0 Å². The molecule has 0 aromatic carbocycles. The lowest BCUT2D eigenvalue weighted by molar-refractivity contribution is 0.157. The largest absolute Gasteiger partial charge is 0.351 e. The van der Waals surface area contributed by atoms with Crippen LogP contribution in [-0.2, 0) is 0 Å². The molecule has 2 amide bonds. The van der Waals surface area contributed by atoms with Crippen molar-refractivity contribution in [3.05, 3.63) is 0 Å². The summed E-state index contributed by atoms with van der Waals surface area (Å²) in [7, 11) is 1.74. The maximum Gasteiger partial charge on any atom is 0.314 e. The van der Waals surface area contributed by atoms with Crippen LogP contribution in [0.5, 0.6) is 0 Å². The van der Waals surface area contributed by atoms with E-state index in [0.29, 0.717) is 5.92 Å². The van der Waals surface area contributed by atoms with Crippen molar-refractivity contribution in [2.24, 2.45) is 11.7 Å². The van der Waals surface area contributed by atoms with E-state index in [1.54, 1.807) is 11.9 Å². The zero-order chi connectivity index (χ0) is 8.43. The van der Waals surface area contributed by atoms with Crippen molar-refractivity contribution in [2.45, 2.75) is 13.0 Å². The van der Waals surface area contributed by atoms with Crippen LogP contribution in [0.25, 0.3) is 0 Å². The molecule has 3 N–H and O–H groups in total. The first-order valence-electron chi connectivity index (χ1n) is 3.86. The number of primary amides is 1. The van der Waals surface area contributed by atoms with Crippen LogP contribution in [0.4, 0.5) is 4.79 Å². The van der Waals surface area contributed by atoms with Gasteiger partial charge in [0, 0.05) is 32.1 Å². The van der Waals surface area contributed by atoms with Gasteiger partial charge < -0.3 is 16.0 Å². The van der Waals surface area contributed by atoms with Crippen molar-refractivity contribution in [3.8, 4) is 0 Å². The molecule has 0 aliphatic carbocycles. The summed E-state index contributed by atoms with van der Waals surface area (Å²) in [5.41, 5.74) is 5.12. The van der Waals surface area contributed by atoms with Gasteiger partial charge in [-0.15, -0.1) is 0 Å². The number of rotatable bonds is 2. The lowest BCUT2D eigenvalue weighted by Crippen LogP contribution is -2.54. The molecular formula is C7H15N3O. The smallest absolute Gasteiger partial charge is 0.314 e. The van der Waals surface area contributed by atoms with Crippen molar-refractivity contribution in [1.29, 1.82) is 0 Å². The van der Waals surface area contributed by atoms with Crippen LogP contribution in [0.1, 0.15) is 6.92 Å². The monoisotopic (exact) mass is 157 g/mol. The molecule has 64 valence electrons. The topological polar surface area (TPSA) is 58.4 Å². The molecule has 0 saturated carbocycles. The molecule has 1 aliphatic heterocycles. The number of hydrogen-bond acceptors (Lipinski definition) is 2. The van der Waals surface area contributed by atoms with Crippen molar-refractivity contribution < 1.29 is 4.79 Å². The molecule has 0 radical (unpaired) electrons. The first kappa shape index (κ1) is 8.33. The Bertz CT molecular complexity index is 156. The van der Waals surface area contributed by atoms with Gasteiger partial charge in [0.25, 0.3) is 0 Å². The van der Waals surface area contributed by atoms with Gasteiger partial charge in [0.15, 0.2) is 0 Å². The van der Waals surface area contributed by atoms with E-state index >= 15 is 0 Å². The lowest BCUT2D eigenvalue weighted by Gasteiger charge is -2.37. The van der Waals surface area contributed by atoms with Crippen molar-refractivity contribution in [1.82, 2.24) is 10.2 Å². The van der Waals surface area contributed by atoms with E-state index in [2.05, 4.69) is 5.32 Å². The summed E-state index contributed by atoms with van der Waals surface area (Å²) in [6.07, 6.45) is 0. The molecule has 11 heavy (non-hydrogen) atoms. The molecule has 0 bridgehead atoms. The van der Waals surface area contributed by atoms with Crippen LogP contribution < -0.4 is 11.1 Å². The fourth-order valence-electron chi connectivity index (χ4n) is 1.17. The standard InChI is InChI=1S/C7H15N3O/c1-5(6-3-9-4-6)10(2)7(8)11/h5-6,9H,3-4H2,1-2H3,(H2,8,11). The molecule has 0 spiro atoms. The number of carbonyl (C=O) groups excluding carboxylic acids is 1. The number of carbonyl (C=O) groups is 1. The number of nitrogens with zero attached hydrogens (tertiary/aromatic N) is 1. The highest BCUT2D eigenvalue weighted by Gasteiger charge is 2.27. The van der Waals surface area contributed by atoms with E-state index in [9.17, 15) is 4.79 Å². The van der Waals surface area contributed by atoms with Crippen LogP contribution in [0.3, 0.4) is 0 Å². The zero-order valence-corrected chi connectivity index (χ0v) is 7.00. The fraction of sp³-hybridized carbons (Fsp3) is 0.857. The molecule has 1 saturated heterocycles. The minimum absolute atomic E-state index is 0.258. The SMILES string of the molecule is CC(C1CNC1)N(C)C(N)=O. The Morgan fingerprint density at radius 1 is 1.73 bits per heavy atom. The van der Waals surface area contributed by atoms with Gasteiger partial charge in [0.2, 0.25) is 0 Å². The Hall–Kier alpha value is -0.770. The Labute approximate surface area is 66.7 Å². The van der Waals surface area contributed by atoms with Gasteiger partial charge in [-0.2, -0.15) is 0 Å². The minimum atomic E-state index is -0.343. The summed E-state index contributed by atoms with van der Waals surface area (Å²) in [4.78, 5) is 12.3. The predicted octanol–water partition coefficient (Wildman–Crippen LogP) is -0.395. The first-order chi connectivity index (χ1) is 5.13. The molecule has 0 aromatic heterocycles. The second-order valence-corrected chi connectivity index (χ2v) is 3.11. The molecule has 0 aromatic rings. The van der Waals surface area contributed by atoms with Crippen molar-refractivity contribution in [2.75, 3.05) is 20.1 Å². The Kier molecular flexibility index (Phi) is 2.34. The molecule has 1 rings (SSSR count). The third kappa shape index (κ3) is 1.63. The van der Waals surface area contributed by atoms with E-state index in [1.807, 2.05) is 6.92 Å². The second-order valence-electron chi connectivity index (χ2n) is 3.11. The summed E-state index contributed by atoms with van der Waals surface area (Å²) >= 11 is 0. The summed E-state index contributed by atoms with van der Waals surface area (Å²) < 4.78 is 0. The highest BCUT2D eigenvalue weighted by atomic mass is 16.2. The Balaban J connectivity index is 2.38. The van der Waals surface area contributed by atoms with Crippen LogP contribution in [0.2, 0.25) is 0 Å². The molecule has 1 heterocycles. The first-order valence-corrected chi connectivity index (χ1v) is 3.86. The second kappa shape index (κ2) is 3.09. The minimum Gasteiger partial charge on any atom is -0.351 e. The van der Waals surface area contributed by atoms with Crippen LogP contribution in [0, 0.1) is 5.92 Å². The van der Waals surface area contributed by atoms with Gasteiger partial charge in [-0.05, 0) is 6.92 Å². The number of nitrogens with two attached hydrogens (primary N) is 1. The average Bonchev–Trinajstić information content (AvgIpc) is 1.82. The van der Waals surface area contributed by atoms with E-state index in [4.69, 9.17) is 5.73 Å². The van der Waals surface area contributed by atoms with Gasteiger partial charge in [-0.25, -0.2) is 4.79 Å². The van der Waals surface area contributed by atoms with Crippen molar-refractivity contribution in [3.63, 3.8) is 0 Å². The molecule has 4 nitrogen and oxygen atoms in total. The maximum absolute atomic E-state index is 10.7. The summed E-state index contributed by atoms with van der Waals surface area (Å²) in [6, 6.07) is -0.0850. The quantitative estimate of drug-likeness (QED) is 0.573. The maximum atomic E-state index is 10.7. The Morgan fingerprint density at radius 3 is 2.55 bits per heavy atom. The average molecular weight is 157 g/mol. The van der Waals surface area contributed by atoms with Crippen molar-refractivity contribution >= 4 is 6.03 Å². The van der Waals surface area contributed by atoms with Gasteiger partial charge in [0.05, 0.1) is 0 Å². The van der Waals surface area contributed by atoms with Crippen LogP contribution in [0.15, 0.2) is 0 Å². The number of nitrogens with one attached hydrogen (secondary N) is 1. The third-order valence-electron chi connectivity index (χ3n) is 2.45. The predicted molar refractivity (Wildman–Crippen MR) is 43.2 cm³/mol. The van der Waals surface area contributed by atoms with Gasteiger partial charge in [-0.3, -0.25) is 0 Å².